The minimum absolute atomic E-state index is 0.00323. The topological polar surface area (TPSA) is 102 Å². The smallest absolute Gasteiger partial charge is 0.355 e. The predicted octanol–water partition coefficient (Wildman–Crippen LogP) is 2.76. The van der Waals surface area contributed by atoms with E-state index >= 15 is 0 Å². The zero-order valence-corrected chi connectivity index (χ0v) is 15.7. The number of aromatic amines is 1. The van der Waals surface area contributed by atoms with Gasteiger partial charge in [-0.3, -0.25) is 9.97 Å². The molecule has 0 spiro atoms. The van der Waals surface area contributed by atoms with E-state index < -0.39 is 17.2 Å². The molecule has 3 aromatic rings. The van der Waals surface area contributed by atoms with Crippen LogP contribution in [0.1, 0.15) is 31.1 Å². The van der Waals surface area contributed by atoms with Crippen molar-refractivity contribution in [1.82, 2.24) is 19.5 Å². The molecule has 9 heteroatoms. The maximum Gasteiger partial charge on any atom is 0.355 e. The Kier molecular flexibility index (Phi) is 5.53. The second-order valence-electron chi connectivity index (χ2n) is 6.48. The van der Waals surface area contributed by atoms with Crippen molar-refractivity contribution in [3.8, 4) is 11.5 Å². The number of aryl methyl sites for hydroxylation is 1. The van der Waals surface area contributed by atoms with Crippen molar-refractivity contribution in [2.75, 3.05) is 5.32 Å². The molecule has 0 unspecified atom stereocenters. The number of hydrogen-bond acceptors (Lipinski definition) is 6. The van der Waals surface area contributed by atoms with E-state index in [2.05, 4.69) is 20.3 Å². The molecule has 0 bridgehead atoms. The summed E-state index contributed by atoms with van der Waals surface area (Å²) in [6.07, 6.45) is 1.58. The molecule has 8 nitrogen and oxygen atoms in total. The molecule has 2 N–H and O–H groups in total. The van der Waals surface area contributed by atoms with Gasteiger partial charge in [0.2, 0.25) is 5.95 Å². The molecular formula is C19H20FN5O3. The van der Waals surface area contributed by atoms with Crippen molar-refractivity contribution in [1.29, 1.82) is 0 Å². The van der Waals surface area contributed by atoms with E-state index in [1.54, 1.807) is 26.1 Å². The lowest BCUT2D eigenvalue weighted by Crippen LogP contribution is -2.38. The van der Waals surface area contributed by atoms with Crippen LogP contribution in [0.4, 0.5) is 10.3 Å². The molecule has 0 radical (unpaired) electrons. The van der Waals surface area contributed by atoms with Crippen LogP contribution in [0.25, 0.3) is 0 Å². The molecular weight excluding hydrogens is 365 g/mol. The Hall–Kier alpha value is -3.49. The predicted molar refractivity (Wildman–Crippen MR) is 102 cm³/mol. The van der Waals surface area contributed by atoms with Crippen LogP contribution in [-0.2, 0) is 6.54 Å². The number of hydrogen-bond donors (Lipinski definition) is 2. The van der Waals surface area contributed by atoms with Crippen LogP contribution in [0.5, 0.6) is 11.5 Å². The third-order valence-electron chi connectivity index (χ3n) is 3.96. The molecule has 2 aromatic heterocycles. The number of nitrogens with zero attached hydrogens (tertiary/aromatic N) is 3. The molecule has 0 aliphatic heterocycles. The number of anilines is 1. The molecule has 28 heavy (non-hydrogen) atoms. The molecule has 0 aliphatic carbocycles. The van der Waals surface area contributed by atoms with Crippen LogP contribution in [0.3, 0.4) is 0 Å². The maximum atomic E-state index is 14.1. The van der Waals surface area contributed by atoms with Crippen molar-refractivity contribution in [2.24, 2.45) is 0 Å². The Bertz CT molecular complexity index is 1060. The zero-order chi connectivity index (χ0) is 20.3. The molecule has 0 amide bonds. The molecule has 0 saturated heterocycles. The van der Waals surface area contributed by atoms with E-state index in [1.807, 2.05) is 13.0 Å². The monoisotopic (exact) mass is 385 g/mol. The molecule has 146 valence electrons. The quantitative estimate of drug-likeness (QED) is 0.677. The van der Waals surface area contributed by atoms with Gasteiger partial charge in [-0.25, -0.2) is 18.5 Å². The van der Waals surface area contributed by atoms with Gasteiger partial charge >= 0.3 is 11.4 Å². The van der Waals surface area contributed by atoms with Crippen molar-refractivity contribution >= 4 is 5.95 Å². The first-order valence-corrected chi connectivity index (χ1v) is 8.69. The minimum Gasteiger partial charge on any atom is -0.456 e. The number of nitrogens with one attached hydrogen (secondary N) is 2. The number of aromatic nitrogens is 4. The van der Waals surface area contributed by atoms with Crippen molar-refractivity contribution < 1.29 is 9.13 Å². The number of rotatable bonds is 6. The van der Waals surface area contributed by atoms with Crippen LogP contribution in [0, 0.1) is 12.7 Å². The molecule has 0 fully saturated rings. The summed E-state index contributed by atoms with van der Waals surface area (Å²) in [5.74, 6) is 0.472. The highest BCUT2D eigenvalue weighted by atomic mass is 19.1. The summed E-state index contributed by atoms with van der Waals surface area (Å²) in [6, 6.07) is 7.56. The lowest BCUT2D eigenvalue weighted by molar-refractivity contribution is 0.476. The van der Waals surface area contributed by atoms with Gasteiger partial charge in [-0.1, -0.05) is 0 Å². The van der Waals surface area contributed by atoms with Gasteiger partial charge < -0.3 is 10.1 Å². The Balaban J connectivity index is 1.76. The minimum atomic E-state index is -0.675. The van der Waals surface area contributed by atoms with E-state index in [0.717, 1.165) is 10.3 Å². The van der Waals surface area contributed by atoms with Crippen LogP contribution in [-0.4, -0.2) is 19.5 Å². The number of halogens is 1. The number of ether oxygens (including phenoxy) is 1. The third kappa shape index (κ3) is 4.43. The van der Waals surface area contributed by atoms with E-state index in [1.165, 1.54) is 18.2 Å². The average molecular weight is 385 g/mol. The summed E-state index contributed by atoms with van der Waals surface area (Å²) >= 11 is 0. The molecule has 0 atom stereocenters. The summed E-state index contributed by atoms with van der Waals surface area (Å²) in [5.41, 5.74) is -0.113. The standard InChI is InChI=1S/C19H20FN5O3/c1-11(2)25-18(26)23-17(24-19(25)27)22-9-13-8-14(6-7-16(13)20)28-15-5-4-12(3)21-10-15/h4-8,10-11H,9H2,1-3H3,(H2,22,23,24,26,27). The van der Waals surface area contributed by atoms with Gasteiger partial charge in [0.05, 0.1) is 6.20 Å². The zero-order valence-electron chi connectivity index (χ0n) is 15.7. The fourth-order valence-electron chi connectivity index (χ4n) is 2.54. The van der Waals surface area contributed by atoms with Crippen LogP contribution >= 0.6 is 0 Å². The molecule has 1 aromatic carbocycles. The second-order valence-corrected chi connectivity index (χ2v) is 6.48. The van der Waals surface area contributed by atoms with Crippen molar-refractivity contribution in [3.05, 3.63) is 74.6 Å². The van der Waals surface area contributed by atoms with Crippen LogP contribution in [0.15, 0.2) is 46.1 Å². The Morgan fingerprint density at radius 3 is 2.61 bits per heavy atom. The maximum absolute atomic E-state index is 14.1. The van der Waals surface area contributed by atoms with E-state index in [0.29, 0.717) is 11.5 Å². The first-order chi connectivity index (χ1) is 13.3. The lowest BCUT2D eigenvalue weighted by Gasteiger charge is -2.11. The summed E-state index contributed by atoms with van der Waals surface area (Å²) in [7, 11) is 0. The number of pyridine rings is 1. The fraction of sp³-hybridized carbons (Fsp3) is 0.263. The van der Waals surface area contributed by atoms with E-state index in [4.69, 9.17) is 4.74 Å². The lowest BCUT2D eigenvalue weighted by atomic mass is 10.2. The fourth-order valence-corrected chi connectivity index (χ4v) is 2.54. The highest BCUT2D eigenvalue weighted by molar-refractivity contribution is 5.36. The summed E-state index contributed by atoms with van der Waals surface area (Å²) in [4.78, 5) is 34.3. The van der Waals surface area contributed by atoms with Gasteiger partial charge in [-0.15, -0.1) is 0 Å². The first kappa shape index (κ1) is 19.3. The van der Waals surface area contributed by atoms with Crippen LogP contribution in [0.2, 0.25) is 0 Å². The third-order valence-corrected chi connectivity index (χ3v) is 3.96. The van der Waals surface area contributed by atoms with Gasteiger partial charge in [-0.2, -0.15) is 4.98 Å². The van der Waals surface area contributed by atoms with Gasteiger partial charge in [0, 0.05) is 23.8 Å². The molecule has 0 saturated carbocycles. The molecule has 0 aliphatic rings. The number of H-pyrrole nitrogens is 1. The van der Waals surface area contributed by atoms with Gasteiger partial charge in [0.15, 0.2) is 0 Å². The largest absolute Gasteiger partial charge is 0.456 e. The van der Waals surface area contributed by atoms with Crippen LogP contribution < -0.4 is 21.4 Å². The van der Waals surface area contributed by atoms with E-state index in [9.17, 15) is 14.0 Å². The van der Waals surface area contributed by atoms with Gasteiger partial charge in [0.25, 0.3) is 0 Å². The molecule has 3 rings (SSSR count). The Morgan fingerprint density at radius 1 is 1.21 bits per heavy atom. The van der Waals surface area contributed by atoms with E-state index in [-0.39, 0.29) is 24.1 Å². The Morgan fingerprint density at radius 2 is 1.96 bits per heavy atom. The Labute approximate surface area is 160 Å². The highest BCUT2D eigenvalue weighted by Gasteiger charge is 2.10. The highest BCUT2D eigenvalue weighted by Crippen LogP contribution is 2.23. The van der Waals surface area contributed by atoms with Crippen molar-refractivity contribution in [3.63, 3.8) is 0 Å². The average Bonchev–Trinajstić information content (AvgIpc) is 2.63. The summed E-state index contributed by atoms with van der Waals surface area (Å²) < 4.78 is 20.8. The second kappa shape index (κ2) is 8.03. The van der Waals surface area contributed by atoms with Gasteiger partial charge in [0.1, 0.15) is 17.3 Å². The van der Waals surface area contributed by atoms with Gasteiger partial charge in [-0.05, 0) is 51.1 Å². The SMILES string of the molecule is Cc1ccc(Oc2ccc(F)c(CNc3nc(=O)n(C(C)C)c(=O)[nH]3)c2)cn1. The normalized spacial score (nSPS) is 10.9. The molecule has 2 heterocycles. The summed E-state index contributed by atoms with van der Waals surface area (Å²) in [6.45, 7) is 5.28. The first-order valence-electron chi connectivity index (χ1n) is 8.69. The number of benzene rings is 1. The van der Waals surface area contributed by atoms with Crippen molar-refractivity contribution in [2.45, 2.75) is 33.4 Å². The summed E-state index contributed by atoms with van der Waals surface area (Å²) in [5, 5.41) is 2.76.